The molecule has 0 aliphatic rings. The van der Waals surface area contributed by atoms with E-state index in [1.54, 1.807) is 11.8 Å². The Hall–Kier alpha value is -1.06. The Kier molecular flexibility index (Phi) is 4.48. The quantitative estimate of drug-likeness (QED) is 0.467. The first-order valence-corrected chi connectivity index (χ1v) is 7.53. The second-order valence-electron chi connectivity index (χ2n) is 4.71. The summed E-state index contributed by atoms with van der Waals surface area (Å²) in [6, 6.07) is 6.52. The smallest absolute Gasteiger partial charge is 0.189 e. The number of halogens is 1. The molecule has 4 heteroatoms. The first-order chi connectivity index (χ1) is 8.97. The Labute approximate surface area is 123 Å². The second-order valence-corrected chi connectivity index (χ2v) is 6.02. The molecule has 19 heavy (non-hydrogen) atoms. The number of hydrogen-bond acceptors (Lipinski definition) is 3. The van der Waals surface area contributed by atoms with Gasteiger partial charge in [0, 0.05) is 17.0 Å². The highest BCUT2D eigenvalue weighted by Gasteiger charge is 2.07. The average Bonchev–Trinajstić information content (AvgIpc) is 2.37. The molecule has 0 aliphatic heterocycles. The van der Waals surface area contributed by atoms with E-state index in [-0.39, 0.29) is 0 Å². The third kappa shape index (κ3) is 3.48. The summed E-state index contributed by atoms with van der Waals surface area (Å²) in [5.74, 6) is 0.861. The van der Waals surface area contributed by atoms with Crippen molar-refractivity contribution in [3.05, 3.63) is 51.3 Å². The summed E-state index contributed by atoms with van der Waals surface area (Å²) < 4.78 is 0. The van der Waals surface area contributed by atoms with Crippen LogP contribution in [0.25, 0.3) is 0 Å². The van der Waals surface area contributed by atoms with Gasteiger partial charge in [0.25, 0.3) is 0 Å². The summed E-state index contributed by atoms with van der Waals surface area (Å²) in [5, 5.41) is 1.29. The van der Waals surface area contributed by atoms with Crippen LogP contribution in [-0.2, 0) is 5.75 Å². The lowest BCUT2D eigenvalue weighted by Gasteiger charge is -2.07. The third-order valence-electron chi connectivity index (χ3n) is 3.25. The van der Waals surface area contributed by atoms with E-state index in [1.165, 1.54) is 16.7 Å². The van der Waals surface area contributed by atoms with Gasteiger partial charge >= 0.3 is 0 Å². The van der Waals surface area contributed by atoms with Crippen LogP contribution in [0, 0.1) is 27.7 Å². The van der Waals surface area contributed by atoms with E-state index in [0.29, 0.717) is 5.15 Å². The van der Waals surface area contributed by atoms with Crippen LogP contribution in [0.1, 0.15) is 27.9 Å². The molecular formula is C15H17ClN2S. The highest BCUT2D eigenvalue weighted by atomic mass is 35.5. The molecule has 2 aromatic rings. The van der Waals surface area contributed by atoms with Crippen molar-refractivity contribution in [2.75, 3.05) is 0 Å². The predicted molar refractivity (Wildman–Crippen MR) is 82.0 cm³/mol. The minimum absolute atomic E-state index is 0.551. The summed E-state index contributed by atoms with van der Waals surface area (Å²) in [6.45, 7) is 8.16. The molecule has 2 rings (SSSR count). The van der Waals surface area contributed by atoms with E-state index >= 15 is 0 Å². The van der Waals surface area contributed by atoms with Crippen LogP contribution in [0.5, 0.6) is 0 Å². The van der Waals surface area contributed by atoms with Gasteiger partial charge in [-0.3, -0.25) is 0 Å². The molecule has 0 spiro atoms. The lowest BCUT2D eigenvalue weighted by molar-refractivity contribution is 0.913. The zero-order valence-corrected chi connectivity index (χ0v) is 13.2. The maximum absolute atomic E-state index is 6.08. The largest absolute Gasteiger partial charge is 0.228 e. The topological polar surface area (TPSA) is 25.8 Å². The van der Waals surface area contributed by atoms with Crippen LogP contribution in [0.3, 0.4) is 0 Å². The molecular weight excluding hydrogens is 276 g/mol. The first kappa shape index (κ1) is 14.4. The summed E-state index contributed by atoms with van der Waals surface area (Å²) in [4.78, 5) is 8.76. The zero-order valence-electron chi connectivity index (χ0n) is 11.6. The van der Waals surface area contributed by atoms with E-state index in [1.807, 2.05) is 13.8 Å². The van der Waals surface area contributed by atoms with Gasteiger partial charge in [0.1, 0.15) is 5.15 Å². The van der Waals surface area contributed by atoms with Crippen molar-refractivity contribution < 1.29 is 0 Å². The van der Waals surface area contributed by atoms with Crippen molar-refractivity contribution in [1.82, 2.24) is 9.97 Å². The van der Waals surface area contributed by atoms with Crippen LogP contribution >= 0.6 is 23.4 Å². The molecule has 2 nitrogen and oxygen atoms in total. The highest BCUT2D eigenvalue weighted by Crippen LogP contribution is 2.24. The van der Waals surface area contributed by atoms with Crippen LogP contribution in [0.2, 0.25) is 5.15 Å². The molecule has 0 aliphatic carbocycles. The van der Waals surface area contributed by atoms with Gasteiger partial charge in [0.15, 0.2) is 5.16 Å². The maximum Gasteiger partial charge on any atom is 0.189 e. The van der Waals surface area contributed by atoms with Gasteiger partial charge in [-0.25, -0.2) is 9.97 Å². The van der Waals surface area contributed by atoms with Gasteiger partial charge < -0.3 is 0 Å². The van der Waals surface area contributed by atoms with Gasteiger partial charge in [0.05, 0.1) is 0 Å². The lowest BCUT2D eigenvalue weighted by atomic mass is 10.1. The molecule has 0 fully saturated rings. The van der Waals surface area contributed by atoms with Crippen LogP contribution in [0.4, 0.5) is 0 Å². The van der Waals surface area contributed by atoms with Gasteiger partial charge in [-0.05, 0) is 44.4 Å². The number of nitrogens with zero attached hydrogens (tertiary/aromatic N) is 2. The Morgan fingerprint density at radius 2 is 1.79 bits per heavy atom. The minimum atomic E-state index is 0.551. The zero-order chi connectivity index (χ0) is 14.0. The van der Waals surface area contributed by atoms with Crippen molar-refractivity contribution in [2.24, 2.45) is 0 Å². The Morgan fingerprint density at radius 3 is 2.42 bits per heavy atom. The Bertz CT molecular complexity index is 588. The molecule has 1 aromatic heterocycles. The van der Waals surface area contributed by atoms with E-state index in [0.717, 1.165) is 22.2 Å². The van der Waals surface area contributed by atoms with E-state index in [9.17, 15) is 0 Å². The number of thioether (sulfide) groups is 1. The Morgan fingerprint density at radius 1 is 1.05 bits per heavy atom. The molecule has 0 atom stereocenters. The molecule has 1 aromatic carbocycles. The monoisotopic (exact) mass is 292 g/mol. The van der Waals surface area contributed by atoms with Crippen molar-refractivity contribution in [1.29, 1.82) is 0 Å². The summed E-state index contributed by atoms with van der Waals surface area (Å²) in [7, 11) is 0. The fraction of sp³-hybridized carbons (Fsp3) is 0.333. The molecule has 0 radical (unpaired) electrons. The van der Waals surface area contributed by atoms with E-state index < -0.39 is 0 Å². The number of rotatable bonds is 3. The number of aromatic nitrogens is 2. The molecule has 1 heterocycles. The molecule has 0 bridgehead atoms. The number of benzene rings is 1. The standard InChI is InChI=1S/C15H17ClN2S/c1-9-5-6-13(7-10(9)2)8-19-15-17-12(4)11(3)14(16)18-15/h5-7H,8H2,1-4H3. The van der Waals surface area contributed by atoms with Crippen molar-refractivity contribution in [2.45, 2.75) is 38.6 Å². The highest BCUT2D eigenvalue weighted by molar-refractivity contribution is 7.98. The molecule has 0 unspecified atom stereocenters. The fourth-order valence-corrected chi connectivity index (χ4v) is 2.77. The SMILES string of the molecule is Cc1ccc(CSc2nc(C)c(C)c(Cl)n2)cc1C. The summed E-state index contributed by atoms with van der Waals surface area (Å²) >= 11 is 7.70. The molecule has 0 amide bonds. The third-order valence-corrected chi connectivity index (χ3v) is 4.53. The number of hydrogen-bond donors (Lipinski definition) is 0. The van der Waals surface area contributed by atoms with Gasteiger partial charge in [-0.1, -0.05) is 41.6 Å². The van der Waals surface area contributed by atoms with Crippen molar-refractivity contribution in [3.63, 3.8) is 0 Å². The molecule has 100 valence electrons. The van der Waals surface area contributed by atoms with Crippen molar-refractivity contribution >= 4 is 23.4 Å². The van der Waals surface area contributed by atoms with E-state index in [4.69, 9.17) is 11.6 Å². The average molecular weight is 293 g/mol. The second kappa shape index (κ2) is 5.93. The summed E-state index contributed by atoms with van der Waals surface area (Å²) in [5.41, 5.74) is 5.82. The lowest BCUT2D eigenvalue weighted by Crippen LogP contribution is -1.95. The van der Waals surface area contributed by atoms with E-state index in [2.05, 4.69) is 42.0 Å². The molecule has 0 saturated heterocycles. The number of aryl methyl sites for hydroxylation is 3. The normalized spacial score (nSPS) is 10.8. The van der Waals surface area contributed by atoms with Crippen LogP contribution < -0.4 is 0 Å². The minimum Gasteiger partial charge on any atom is -0.228 e. The predicted octanol–water partition coefficient (Wildman–Crippen LogP) is 4.66. The maximum atomic E-state index is 6.08. The van der Waals surface area contributed by atoms with Crippen molar-refractivity contribution in [3.8, 4) is 0 Å². The summed E-state index contributed by atoms with van der Waals surface area (Å²) in [6.07, 6.45) is 0. The first-order valence-electron chi connectivity index (χ1n) is 6.17. The van der Waals surface area contributed by atoms with Crippen LogP contribution in [0.15, 0.2) is 23.4 Å². The van der Waals surface area contributed by atoms with Crippen LogP contribution in [-0.4, -0.2) is 9.97 Å². The van der Waals surface area contributed by atoms with Gasteiger partial charge in [0.2, 0.25) is 0 Å². The fourth-order valence-electron chi connectivity index (χ4n) is 1.68. The van der Waals surface area contributed by atoms with Gasteiger partial charge in [-0.15, -0.1) is 0 Å². The van der Waals surface area contributed by atoms with Gasteiger partial charge in [-0.2, -0.15) is 0 Å². The molecule has 0 saturated carbocycles. The Balaban J connectivity index is 2.12. The molecule has 0 N–H and O–H groups in total.